The van der Waals surface area contributed by atoms with Crippen LogP contribution in [0.4, 0.5) is 4.39 Å². The fourth-order valence-electron chi connectivity index (χ4n) is 2.10. The van der Waals surface area contributed by atoms with Gasteiger partial charge < -0.3 is 5.32 Å². The Labute approximate surface area is 92.7 Å². The van der Waals surface area contributed by atoms with Crippen molar-refractivity contribution in [1.82, 2.24) is 15.3 Å². The Morgan fingerprint density at radius 2 is 2.31 bits per heavy atom. The largest absolute Gasteiger partial charge is 0.316 e. The van der Waals surface area contributed by atoms with E-state index in [1.54, 1.807) is 12.3 Å². The molecule has 0 bridgehead atoms. The Kier molecular flexibility index (Phi) is 2.29. The zero-order chi connectivity index (χ0) is 11.0. The number of hydrogen-bond acceptors (Lipinski definition) is 3. The maximum atomic E-state index is 13.5. The topological polar surface area (TPSA) is 37.8 Å². The third-order valence-electron chi connectivity index (χ3n) is 3.01. The van der Waals surface area contributed by atoms with Crippen molar-refractivity contribution in [2.45, 2.75) is 12.3 Å². The highest BCUT2D eigenvalue weighted by Gasteiger charge is 2.19. The van der Waals surface area contributed by atoms with E-state index in [4.69, 9.17) is 0 Å². The molecule has 16 heavy (non-hydrogen) atoms. The number of fused-ring (bicyclic) bond motifs is 1. The summed E-state index contributed by atoms with van der Waals surface area (Å²) in [6.07, 6.45) is 2.74. The second-order valence-corrected chi connectivity index (χ2v) is 4.10. The minimum Gasteiger partial charge on any atom is -0.316 e. The zero-order valence-electron chi connectivity index (χ0n) is 8.78. The van der Waals surface area contributed by atoms with Crippen LogP contribution in [0, 0.1) is 5.82 Å². The molecule has 4 heteroatoms. The molecule has 1 N–H and O–H groups in total. The summed E-state index contributed by atoms with van der Waals surface area (Å²) in [6.45, 7) is 1.88. The highest BCUT2D eigenvalue weighted by Crippen LogP contribution is 2.21. The van der Waals surface area contributed by atoms with Gasteiger partial charge in [0.1, 0.15) is 17.2 Å². The summed E-state index contributed by atoms with van der Waals surface area (Å²) in [6, 6.07) is 4.94. The third kappa shape index (κ3) is 1.55. The lowest BCUT2D eigenvalue weighted by Gasteiger charge is -2.07. The van der Waals surface area contributed by atoms with Crippen LogP contribution in [0.25, 0.3) is 10.9 Å². The molecule has 1 fully saturated rings. The van der Waals surface area contributed by atoms with Gasteiger partial charge in [0.2, 0.25) is 0 Å². The Hall–Kier alpha value is -1.55. The molecular weight excluding hydrogens is 205 g/mol. The molecule has 0 amide bonds. The van der Waals surface area contributed by atoms with Gasteiger partial charge >= 0.3 is 0 Å². The number of para-hydroxylation sites is 1. The molecule has 0 radical (unpaired) electrons. The SMILES string of the molecule is Fc1cccc2cnc(C3CCNC3)nc12. The van der Waals surface area contributed by atoms with Gasteiger partial charge in [-0.2, -0.15) is 0 Å². The van der Waals surface area contributed by atoms with Gasteiger partial charge in [0.25, 0.3) is 0 Å². The maximum Gasteiger partial charge on any atom is 0.149 e. The van der Waals surface area contributed by atoms with Gasteiger partial charge in [-0.25, -0.2) is 14.4 Å². The summed E-state index contributed by atoms with van der Waals surface area (Å²) in [5, 5.41) is 4.02. The van der Waals surface area contributed by atoms with Crippen molar-refractivity contribution in [1.29, 1.82) is 0 Å². The van der Waals surface area contributed by atoms with Gasteiger partial charge in [0.15, 0.2) is 0 Å². The molecule has 0 aliphatic carbocycles. The molecule has 3 nitrogen and oxygen atoms in total. The number of aromatic nitrogens is 2. The molecule has 2 aromatic rings. The van der Waals surface area contributed by atoms with Crippen LogP contribution < -0.4 is 5.32 Å². The van der Waals surface area contributed by atoms with Gasteiger partial charge in [-0.15, -0.1) is 0 Å². The standard InChI is InChI=1S/C12H12FN3/c13-10-3-1-2-8-7-15-12(16-11(8)10)9-4-5-14-6-9/h1-3,7,9,14H,4-6H2. The van der Waals surface area contributed by atoms with E-state index in [0.29, 0.717) is 11.4 Å². The van der Waals surface area contributed by atoms with Crippen LogP contribution in [0.1, 0.15) is 18.2 Å². The summed E-state index contributed by atoms with van der Waals surface area (Å²) in [5.74, 6) is 0.804. The first-order chi connectivity index (χ1) is 7.84. The van der Waals surface area contributed by atoms with Crippen molar-refractivity contribution in [3.63, 3.8) is 0 Å². The fraction of sp³-hybridized carbons (Fsp3) is 0.333. The smallest absolute Gasteiger partial charge is 0.149 e. The molecule has 1 atom stereocenters. The van der Waals surface area contributed by atoms with E-state index in [1.165, 1.54) is 6.07 Å². The average molecular weight is 217 g/mol. The molecule has 0 spiro atoms. The van der Waals surface area contributed by atoms with Crippen LogP contribution in [-0.2, 0) is 0 Å². The van der Waals surface area contributed by atoms with E-state index >= 15 is 0 Å². The fourth-order valence-corrected chi connectivity index (χ4v) is 2.10. The minimum atomic E-state index is -0.271. The number of benzene rings is 1. The van der Waals surface area contributed by atoms with Crippen LogP contribution in [0.5, 0.6) is 0 Å². The summed E-state index contributed by atoms with van der Waals surface area (Å²) < 4.78 is 13.5. The number of nitrogens with one attached hydrogen (secondary N) is 1. The Bertz CT molecular complexity index is 521. The molecule has 82 valence electrons. The second-order valence-electron chi connectivity index (χ2n) is 4.10. The number of rotatable bonds is 1. The minimum absolute atomic E-state index is 0.271. The van der Waals surface area contributed by atoms with Gasteiger partial charge in [-0.05, 0) is 19.0 Å². The predicted octanol–water partition coefficient (Wildman–Crippen LogP) is 1.85. The maximum absolute atomic E-state index is 13.5. The number of nitrogens with zero attached hydrogens (tertiary/aromatic N) is 2. The molecule has 3 rings (SSSR count). The van der Waals surface area contributed by atoms with Gasteiger partial charge in [0, 0.05) is 24.0 Å². The molecule has 1 saturated heterocycles. The molecule has 1 aromatic heterocycles. The molecule has 1 unspecified atom stereocenters. The first kappa shape index (κ1) is 9.66. The lowest BCUT2D eigenvalue weighted by Crippen LogP contribution is -2.10. The molecule has 0 saturated carbocycles. The van der Waals surface area contributed by atoms with Gasteiger partial charge in [-0.1, -0.05) is 12.1 Å². The first-order valence-electron chi connectivity index (χ1n) is 5.46. The van der Waals surface area contributed by atoms with Gasteiger partial charge in [-0.3, -0.25) is 0 Å². The zero-order valence-corrected chi connectivity index (χ0v) is 8.78. The molecule has 1 aliphatic rings. The van der Waals surface area contributed by atoms with Crippen LogP contribution >= 0.6 is 0 Å². The van der Waals surface area contributed by atoms with E-state index in [-0.39, 0.29) is 5.82 Å². The van der Waals surface area contributed by atoms with Crippen molar-refractivity contribution >= 4 is 10.9 Å². The molecule has 1 aromatic carbocycles. The monoisotopic (exact) mass is 217 g/mol. The van der Waals surface area contributed by atoms with Crippen LogP contribution in [0.3, 0.4) is 0 Å². The van der Waals surface area contributed by atoms with E-state index in [0.717, 1.165) is 30.7 Å². The number of hydrogen-bond donors (Lipinski definition) is 1. The van der Waals surface area contributed by atoms with E-state index < -0.39 is 0 Å². The number of halogens is 1. The van der Waals surface area contributed by atoms with E-state index in [2.05, 4.69) is 15.3 Å². The average Bonchev–Trinajstić information content (AvgIpc) is 2.83. The molecule has 1 aliphatic heterocycles. The van der Waals surface area contributed by atoms with Crippen molar-refractivity contribution in [3.8, 4) is 0 Å². The Balaban J connectivity index is 2.10. The van der Waals surface area contributed by atoms with E-state index in [9.17, 15) is 4.39 Å². The Morgan fingerprint density at radius 1 is 1.38 bits per heavy atom. The lowest BCUT2D eigenvalue weighted by atomic mass is 10.1. The summed E-state index contributed by atoms with van der Waals surface area (Å²) >= 11 is 0. The summed E-state index contributed by atoms with van der Waals surface area (Å²) in [4.78, 5) is 8.64. The predicted molar refractivity (Wildman–Crippen MR) is 59.7 cm³/mol. The van der Waals surface area contributed by atoms with Gasteiger partial charge in [0.05, 0.1) is 0 Å². The van der Waals surface area contributed by atoms with Crippen LogP contribution in [0.2, 0.25) is 0 Å². The van der Waals surface area contributed by atoms with Crippen molar-refractivity contribution in [2.75, 3.05) is 13.1 Å². The first-order valence-corrected chi connectivity index (χ1v) is 5.46. The lowest BCUT2D eigenvalue weighted by molar-refractivity contribution is 0.632. The normalized spacial score (nSPS) is 20.4. The Morgan fingerprint density at radius 3 is 3.12 bits per heavy atom. The highest BCUT2D eigenvalue weighted by molar-refractivity contribution is 5.78. The molecular formula is C12H12FN3. The van der Waals surface area contributed by atoms with Crippen LogP contribution in [-0.4, -0.2) is 23.1 Å². The summed E-state index contributed by atoms with van der Waals surface area (Å²) in [7, 11) is 0. The van der Waals surface area contributed by atoms with Crippen molar-refractivity contribution in [3.05, 3.63) is 36.0 Å². The highest BCUT2D eigenvalue weighted by atomic mass is 19.1. The molecule has 2 heterocycles. The van der Waals surface area contributed by atoms with Crippen molar-refractivity contribution in [2.24, 2.45) is 0 Å². The second kappa shape index (κ2) is 3.79. The quantitative estimate of drug-likeness (QED) is 0.792. The van der Waals surface area contributed by atoms with Crippen LogP contribution in [0.15, 0.2) is 24.4 Å². The summed E-state index contributed by atoms with van der Waals surface area (Å²) in [5.41, 5.74) is 0.430. The third-order valence-corrected chi connectivity index (χ3v) is 3.01. The van der Waals surface area contributed by atoms with Crippen molar-refractivity contribution < 1.29 is 4.39 Å². The van der Waals surface area contributed by atoms with E-state index in [1.807, 2.05) is 6.07 Å².